The number of aromatic nitrogens is 2. The fourth-order valence-corrected chi connectivity index (χ4v) is 15.6. The standard InChI is InChI=1S/C20H12N2S8/c1-3-7-21-11(5-1)13(12-6-2-4-8-22-12)14-25-17-18(26-14)30-20(29-17)19-27-15-16(28-19)24-10-9-23-15/h1-8H,9-10H2. The van der Waals surface area contributed by atoms with Crippen LogP contribution in [-0.4, -0.2) is 21.5 Å². The van der Waals surface area contributed by atoms with Gasteiger partial charge in [-0.25, -0.2) is 0 Å². The first-order valence-electron chi connectivity index (χ1n) is 8.98. The smallest absolute Gasteiger partial charge is 0.0740 e. The van der Waals surface area contributed by atoms with Gasteiger partial charge in [0.2, 0.25) is 0 Å². The summed E-state index contributed by atoms with van der Waals surface area (Å²) < 4.78 is 10.0. The lowest BCUT2D eigenvalue weighted by Gasteiger charge is -2.11. The predicted molar refractivity (Wildman–Crippen MR) is 146 cm³/mol. The molecule has 6 heterocycles. The Morgan fingerprint density at radius 3 is 1.50 bits per heavy atom. The Labute approximate surface area is 209 Å². The zero-order valence-electron chi connectivity index (χ0n) is 15.2. The van der Waals surface area contributed by atoms with Crippen molar-refractivity contribution in [2.45, 2.75) is 0 Å². The third-order valence-corrected chi connectivity index (χ3v) is 16.1. The summed E-state index contributed by atoms with van der Waals surface area (Å²) in [4.78, 5) is 9.26. The lowest BCUT2D eigenvalue weighted by molar-refractivity contribution is 1.22. The monoisotopic (exact) mass is 536 g/mol. The maximum absolute atomic E-state index is 4.63. The molecule has 0 saturated heterocycles. The van der Waals surface area contributed by atoms with Gasteiger partial charge in [0.1, 0.15) is 0 Å². The molecule has 6 rings (SSSR count). The molecule has 4 aliphatic rings. The van der Waals surface area contributed by atoms with E-state index in [9.17, 15) is 0 Å². The maximum atomic E-state index is 4.63. The summed E-state index contributed by atoms with van der Waals surface area (Å²) in [5, 5.41) is 0. The van der Waals surface area contributed by atoms with Crippen LogP contribution in [0.2, 0.25) is 0 Å². The number of hydrogen-bond acceptors (Lipinski definition) is 10. The van der Waals surface area contributed by atoms with Crippen molar-refractivity contribution in [1.29, 1.82) is 0 Å². The molecule has 2 nitrogen and oxygen atoms in total. The van der Waals surface area contributed by atoms with E-state index < -0.39 is 0 Å². The molecule has 30 heavy (non-hydrogen) atoms. The minimum Gasteiger partial charge on any atom is -0.256 e. The molecule has 150 valence electrons. The Bertz CT molecular complexity index is 1050. The highest BCUT2D eigenvalue weighted by Crippen LogP contribution is 2.71. The number of nitrogens with zero attached hydrogens (tertiary/aromatic N) is 2. The molecular weight excluding hydrogens is 525 g/mol. The van der Waals surface area contributed by atoms with E-state index >= 15 is 0 Å². The average molecular weight is 537 g/mol. The Balaban J connectivity index is 1.28. The summed E-state index contributed by atoms with van der Waals surface area (Å²) in [6, 6.07) is 12.2. The van der Waals surface area contributed by atoms with Gasteiger partial charge in [0.15, 0.2) is 0 Å². The number of pyridine rings is 2. The minimum atomic E-state index is 0.980. The summed E-state index contributed by atoms with van der Waals surface area (Å²) in [6.45, 7) is 0. The summed E-state index contributed by atoms with van der Waals surface area (Å²) in [6.07, 6.45) is 3.71. The Morgan fingerprint density at radius 1 is 0.567 bits per heavy atom. The van der Waals surface area contributed by atoms with Crippen molar-refractivity contribution in [2.75, 3.05) is 11.5 Å². The van der Waals surface area contributed by atoms with Gasteiger partial charge in [-0.15, -0.1) is 23.5 Å². The van der Waals surface area contributed by atoms with Gasteiger partial charge in [0.05, 0.1) is 41.0 Å². The summed E-state index contributed by atoms with van der Waals surface area (Å²) in [5.41, 5.74) is 3.09. The quantitative estimate of drug-likeness (QED) is 0.371. The van der Waals surface area contributed by atoms with Crippen LogP contribution in [0.15, 0.2) is 78.5 Å². The van der Waals surface area contributed by atoms with Crippen molar-refractivity contribution >= 4 is 99.7 Å². The van der Waals surface area contributed by atoms with Crippen LogP contribution in [0.25, 0.3) is 5.57 Å². The summed E-state index contributed by atoms with van der Waals surface area (Å²) in [7, 11) is 0. The number of rotatable bonds is 2. The zero-order valence-corrected chi connectivity index (χ0v) is 21.7. The normalized spacial score (nSPS) is 20.9. The molecule has 0 atom stereocenters. The van der Waals surface area contributed by atoms with Crippen LogP contribution in [0, 0.1) is 0 Å². The second-order valence-corrected chi connectivity index (χ2v) is 16.3. The van der Waals surface area contributed by atoms with Gasteiger partial charge in [0, 0.05) is 29.5 Å². The van der Waals surface area contributed by atoms with Crippen molar-refractivity contribution < 1.29 is 0 Å². The van der Waals surface area contributed by atoms with Crippen LogP contribution in [-0.2, 0) is 0 Å². The molecule has 2 aromatic heterocycles. The van der Waals surface area contributed by atoms with Crippen LogP contribution in [0.4, 0.5) is 0 Å². The van der Waals surface area contributed by atoms with Crippen LogP contribution in [0.3, 0.4) is 0 Å². The van der Waals surface area contributed by atoms with Gasteiger partial charge in [-0.3, -0.25) is 9.97 Å². The molecule has 0 saturated carbocycles. The lowest BCUT2D eigenvalue weighted by Crippen LogP contribution is -1.95. The fraction of sp³-hybridized carbons (Fsp3) is 0.100. The SMILES string of the molecule is c1ccc(C(=C2SC3=C(SC(=C4SC5=C(SCCS5)S4)S3)S2)c2ccccn2)nc1. The molecule has 2 aromatic rings. The van der Waals surface area contributed by atoms with E-state index in [1.54, 1.807) is 0 Å². The number of hydrogen-bond donors (Lipinski definition) is 0. The zero-order chi connectivity index (χ0) is 19.9. The highest BCUT2D eigenvalue weighted by molar-refractivity contribution is 8.49. The predicted octanol–water partition coefficient (Wildman–Crippen LogP) is 8.49. The Hall–Kier alpha value is 0.0600. The van der Waals surface area contributed by atoms with Crippen LogP contribution < -0.4 is 0 Å². The van der Waals surface area contributed by atoms with Gasteiger partial charge in [-0.2, -0.15) is 0 Å². The Morgan fingerprint density at radius 2 is 1.03 bits per heavy atom. The van der Waals surface area contributed by atoms with Crippen LogP contribution in [0.5, 0.6) is 0 Å². The topological polar surface area (TPSA) is 25.8 Å². The molecule has 0 aromatic carbocycles. The van der Waals surface area contributed by atoms with Crippen molar-refractivity contribution in [3.63, 3.8) is 0 Å². The Kier molecular flexibility index (Phi) is 6.29. The van der Waals surface area contributed by atoms with E-state index in [1.165, 1.54) is 41.2 Å². The van der Waals surface area contributed by atoms with Gasteiger partial charge in [-0.1, -0.05) is 82.7 Å². The molecule has 0 unspecified atom stereocenters. The highest BCUT2D eigenvalue weighted by atomic mass is 32.3. The van der Waals surface area contributed by atoms with Crippen LogP contribution in [0.1, 0.15) is 11.4 Å². The largest absolute Gasteiger partial charge is 0.256 e. The summed E-state index contributed by atoms with van der Waals surface area (Å²) in [5.74, 6) is 2.47. The third kappa shape index (κ3) is 4.07. The van der Waals surface area contributed by atoms with E-state index in [0.717, 1.165) is 17.0 Å². The van der Waals surface area contributed by atoms with E-state index in [0.29, 0.717) is 0 Å². The van der Waals surface area contributed by atoms with Crippen molar-refractivity contribution in [3.05, 3.63) is 89.8 Å². The van der Waals surface area contributed by atoms with E-state index in [-0.39, 0.29) is 0 Å². The van der Waals surface area contributed by atoms with Crippen LogP contribution >= 0.6 is 94.1 Å². The first-order chi connectivity index (χ1) is 14.8. The molecule has 0 fully saturated rings. The lowest BCUT2D eigenvalue weighted by atomic mass is 10.1. The van der Waals surface area contributed by atoms with Gasteiger partial charge >= 0.3 is 0 Å². The summed E-state index contributed by atoms with van der Waals surface area (Å²) >= 11 is 15.6. The number of thioether (sulfide) groups is 8. The van der Waals surface area contributed by atoms with E-state index in [4.69, 9.17) is 0 Å². The average Bonchev–Trinajstić information content (AvgIpc) is 3.48. The molecule has 0 amide bonds. The minimum absolute atomic E-state index is 0.980. The molecular formula is C20H12N2S8. The second-order valence-electron chi connectivity index (χ2n) is 6.13. The molecule has 4 aliphatic heterocycles. The first kappa shape index (κ1) is 20.7. The van der Waals surface area contributed by atoms with Gasteiger partial charge in [-0.05, 0) is 24.3 Å². The van der Waals surface area contributed by atoms with E-state index in [2.05, 4.69) is 22.1 Å². The molecule has 0 aliphatic carbocycles. The molecule has 0 bridgehead atoms. The third-order valence-electron chi connectivity index (χ3n) is 4.21. The molecule has 0 radical (unpaired) electrons. The van der Waals surface area contributed by atoms with Crippen molar-refractivity contribution in [3.8, 4) is 0 Å². The second kappa shape index (κ2) is 9.13. The first-order valence-corrected chi connectivity index (χ1v) is 15.8. The highest BCUT2D eigenvalue weighted by Gasteiger charge is 2.36. The van der Waals surface area contributed by atoms with Gasteiger partial charge in [0.25, 0.3) is 0 Å². The fourth-order valence-electron chi connectivity index (χ4n) is 2.94. The van der Waals surface area contributed by atoms with E-state index in [1.807, 2.05) is 131 Å². The maximum Gasteiger partial charge on any atom is 0.0740 e. The van der Waals surface area contributed by atoms with Crippen molar-refractivity contribution in [1.82, 2.24) is 9.97 Å². The molecule has 0 N–H and O–H groups in total. The molecule has 10 heteroatoms. The van der Waals surface area contributed by atoms with Gasteiger partial charge < -0.3 is 0 Å². The van der Waals surface area contributed by atoms with Crippen molar-refractivity contribution in [2.24, 2.45) is 0 Å². The molecule has 0 spiro atoms.